The third-order valence-electron chi connectivity index (χ3n) is 4.16. The van der Waals surface area contributed by atoms with Crippen molar-refractivity contribution in [3.8, 4) is 0 Å². The Labute approximate surface area is 104 Å². The van der Waals surface area contributed by atoms with Crippen LogP contribution in [0.5, 0.6) is 0 Å². The quantitative estimate of drug-likeness (QED) is 0.538. The number of amides is 1. The highest BCUT2D eigenvalue weighted by Crippen LogP contribution is 2.44. The molecule has 1 saturated carbocycles. The van der Waals surface area contributed by atoms with Gasteiger partial charge in [0.2, 0.25) is 6.41 Å². The number of allylic oxidation sites excluding steroid dienone is 5. The number of likely N-dealkylation sites (tertiary alicyclic amines) is 1. The van der Waals surface area contributed by atoms with Gasteiger partial charge in [0.05, 0.1) is 0 Å². The summed E-state index contributed by atoms with van der Waals surface area (Å²) in [5.41, 5.74) is 1.43. The molecule has 0 aromatic rings. The summed E-state index contributed by atoms with van der Waals surface area (Å²) in [6, 6.07) is 0. The van der Waals surface area contributed by atoms with Gasteiger partial charge < -0.3 is 4.90 Å². The van der Waals surface area contributed by atoms with Crippen molar-refractivity contribution in [1.82, 2.24) is 4.90 Å². The highest BCUT2D eigenvalue weighted by Gasteiger charge is 2.40. The van der Waals surface area contributed by atoms with E-state index in [0.29, 0.717) is 5.92 Å². The van der Waals surface area contributed by atoms with Gasteiger partial charge in [0, 0.05) is 13.1 Å². The minimum atomic E-state index is 0.681. The molecule has 0 bridgehead atoms. The van der Waals surface area contributed by atoms with Crippen LogP contribution in [-0.4, -0.2) is 24.4 Å². The molecule has 0 spiro atoms. The van der Waals surface area contributed by atoms with Crippen LogP contribution in [0.25, 0.3) is 0 Å². The molecule has 2 aliphatic rings. The number of hydrogen-bond donors (Lipinski definition) is 0. The van der Waals surface area contributed by atoms with Gasteiger partial charge in [-0.05, 0) is 43.1 Å². The topological polar surface area (TPSA) is 20.3 Å². The molecule has 2 nitrogen and oxygen atoms in total. The highest BCUT2D eigenvalue weighted by atomic mass is 16.1. The molecular formula is C15H21NO. The van der Waals surface area contributed by atoms with E-state index in [1.165, 1.54) is 18.4 Å². The average Bonchev–Trinajstić information content (AvgIpc) is 2.87. The van der Waals surface area contributed by atoms with Crippen LogP contribution in [0.4, 0.5) is 0 Å². The van der Waals surface area contributed by atoms with Gasteiger partial charge in [0.1, 0.15) is 0 Å². The summed E-state index contributed by atoms with van der Waals surface area (Å²) < 4.78 is 0. The van der Waals surface area contributed by atoms with Crippen molar-refractivity contribution >= 4 is 6.41 Å². The van der Waals surface area contributed by atoms with E-state index >= 15 is 0 Å². The summed E-state index contributed by atoms with van der Waals surface area (Å²) >= 11 is 0. The lowest BCUT2D eigenvalue weighted by Crippen LogP contribution is -2.20. The van der Waals surface area contributed by atoms with Gasteiger partial charge >= 0.3 is 0 Å². The summed E-state index contributed by atoms with van der Waals surface area (Å²) in [4.78, 5) is 12.7. The molecular weight excluding hydrogens is 210 g/mol. The second-order valence-corrected chi connectivity index (χ2v) is 5.13. The van der Waals surface area contributed by atoms with Crippen LogP contribution in [-0.2, 0) is 4.79 Å². The highest BCUT2D eigenvalue weighted by molar-refractivity contribution is 5.48. The molecule has 1 amide bonds. The fraction of sp³-hybridized carbons (Fsp3) is 0.533. The molecule has 0 aromatic heterocycles. The smallest absolute Gasteiger partial charge is 0.209 e. The second kappa shape index (κ2) is 5.35. The molecule has 2 unspecified atom stereocenters. The second-order valence-electron chi connectivity index (χ2n) is 5.13. The summed E-state index contributed by atoms with van der Waals surface area (Å²) in [6.45, 7) is 7.75. The SMILES string of the molecule is C=C/C=C\C(=C/C)C1CC2CN(C=O)CC2C1. The maximum absolute atomic E-state index is 10.7. The molecule has 1 aliphatic heterocycles. The maximum Gasteiger partial charge on any atom is 0.209 e. The van der Waals surface area contributed by atoms with Crippen LogP contribution in [0.15, 0.2) is 36.5 Å². The van der Waals surface area contributed by atoms with E-state index in [1.807, 2.05) is 17.1 Å². The molecule has 0 radical (unpaired) electrons. The summed E-state index contributed by atoms with van der Waals surface area (Å²) in [6.07, 6.45) is 11.7. The molecule has 1 heterocycles. The van der Waals surface area contributed by atoms with E-state index in [1.54, 1.807) is 0 Å². The first kappa shape index (κ1) is 12.2. The van der Waals surface area contributed by atoms with Crippen LogP contribution < -0.4 is 0 Å². The first-order valence-electron chi connectivity index (χ1n) is 6.43. The van der Waals surface area contributed by atoms with Crippen LogP contribution in [0.3, 0.4) is 0 Å². The zero-order valence-corrected chi connectivity index (χ0v) is 10.5. The largest absolute Gasteiger partial charge is 0.345 e. The lowest BCUT2D eigenvalue weighted by Gasteiger charge is -2.15. The number of carbonyl (C=O) groups is 1. The predicted molar refractivity (Wildman–Crippen MR) is 70.4 cm³/mol. The van der Waals surface area contributed by atoms with Gasteiger partial charge in [-0.25, -0.2) is 0 Å². The maximum atomic E-state index is 10.7. The number of rotatable bonds is 4. The van der Waals surface area contributed by atoms with Crippen LogP contribution >= 0.6 is 0 Å². The summed E-state index contributed by atoms with van der Waals surface area (Å²) in [5, 5.41) is 0. The van der Waals surface area contributed by atoms with E-state index in [2.05, 4.69) is 25.7 Å². The Morgan fingerprint density at radius 1 is 1.29 bits per heavy atom. The Bertz CT molecular complexity index is 342. The number of carbonyl (C=O) groups excluding carboxylic acids is 1. The van der Waals surface area contributed by atoms with Crippen molar-refractivity contribution in [3.05, 3.63) is 36.5 Å². The molecule has 92 valence electrons. The fourth-order valence-corrected chi connectivity index (χ4v) is 3.34. The molecule has 1 aliphatic carbocycles. The third-order valence-corrected chi connectivity index (χ3v) is 4.16. The van der Waals surface area contributed by atoms with E-state index in [0.717, 1.165) is 31.3 Å². The molecule has 2 atom stereocenters. The van der Waals surface area contributed by atoms with E-state index < -0.39 is 0 Å². The van der Waals surface area contributed by atoms with E-state index in [4.69, 9.17) is 0 Å². The zero-order chi connectivity index (χ0) is 12.3. The Kier molecular flexibility index (Phi) is 3.82. The van der Waals surface area contributed by atoms with Gasteiger partial charge in [-0.3, -0.25) is 4.79 Å². The Hall–Kier alpha value is -1.31. The van der Waals surface area contributed by atoms with Crippen molar-refractivity contribution in [2.45, 2.75) is 19.8 Å². The molecule has 1 saturated heterocycles. The Morgan fingerprint density at radius 3 is 2.41 bits per heavy atom. The lowest BCUT2D eigenvalue weighted by atomic mass is 9.95. The third kappa shape index (κ3) is 2.51. The van der Waals surface area contributed by atoms with Crippen LogP contribution in [0.1, 0.15) is 19.8 Å². The van der Waals surface area contributed by atoms with Crippen molar-refractivity contribution in [3.63, 3.8) is 0 Å². The first-order valence-corrected chi connectivity index (χ1v) is 6.43. The predicted octanol–water partition coefficient (Wildman–Crippen LogP) is 2.79. The first-order chi connectivity index (χ1) is 8.28. The number of fused-ring (bicyclic) bond motifs is 1. The Morgan fingerprint density at radius 2 is 1.94 bits per heavy atom. The average molecular weight is 231 g/mol. The van der Waals surface area contributed by atoms with Gasteiger partial charge in [-0.2, -0.15) is 0 Å². The molecule has 0 N–H and O–H groups in total. The Balaban J connectivity index is 1.98. The van der Waals surface area contributed by atoms with Crippen LogP contribution in [0, 0.1) is 17.8 Å². The summed E-state index contributed by atoms with van der Waals surface area (Å²) in [7, 11) is 0. The van der Waals surface area contributed by atoms with Gasteiger partial charge in [0.15, 0.2) is 0 Å². The molecule has 2 heteroatoms. The number of hydrogen-bond acceptors (Lipinski definition) is 1. The standard InChI is InChI=1S/C15H21NO/c1-3-5-6-12(4-2)13-7-14-9-16(11-17)10-15(14)8-13/h3-6,11,13-15H,1,7-10H2,2H3/b6-5-,12-4+. The minimum Gasteiger partial charge on any atom is -0.345 e. The monoisotopic (exact) mass is 231 g/mol. The van der Waals surface area contributed by atoms with E-state index in [9.17, 15) is 4.79 Å². The molecule has 2 rings (SSSR count). The fourth-order valence-electron chi connectivity index (χ4n) is 3.34. The minimum absolute atomic E-state index is 0.681. The van der Waals surface area contributed by atoms with Gasteiger partial charge in [-0.15, -0.1) is 0 Å². The normalized spacial score (nSPS) is 33.1. The molecule has 0 aromatic carbocycles. The number of nitrogens with zero attached hydrogens (tertiary/aromatic N) is 1. The zero-order valence-electron chi connectivity index (χ0n) is 10.5. The van der Waals surface area contributed by atoms with Crippen molar-refractivity contribution in [2.75, 3.05) is 13.1 Å². The van der Waals surface area contributed by atoms with Gasteiger partial charge in [0.25, 0.3) is 0 Å². The van der Waals surface area contributed by atoms with Crippen molar-refractivity contribution < 1.29 is 4.79 Å². The van der Waals surface area contributed by atoms with Crippen molar-refractivity contribution in [2.24, 2.45) is 17.8 Å². The van der Waals surface area contributed by atoms with Crippen molar-refractivity contribution in [1.29, 1.82) is 0 Å². The molecule has 17 heavy (non-hydrogen) atoms. The lowest BCUT2D eigenvalue weighted by molar-refractivity contribution is -0.117. The van der Waals surface area contributed by atoms with E-state index in [-0.39, 0.29) is 0 Å². The summed E-state index contributed by atoms with van der Waals surface area (Å²) in [5.74, 6) is 2.12. The molecule has 2 fully saturated rings. The van der Waals surface area contributed by atoms with Gasteiger partial charge in [-0.1, -0.05) is 30.9 Å². The van der Waals surface area contributed by atoms with Crippen LogP contribution in [0.2, 0.25) is 0 Å².